The van der Waals surface area contributed by atoms with Crippen molar-refractivity contribution in [3.8, 4) is 11.3 Å². The van der Waals surface area contributed by atoms with Crippen LogP contribution in [-0.2, 0) is 0 Å². The Hall–Kier alpha value is -3.41. The zero-order chi connectivity index (χ0) is 19.8. The molecule has 0 atom stereocenters. The van der Waals surface area contributed by atoms with Crippen molar-refractivity contribution in [2.45, 2.75) is 25.8 Å². The average Bonchev–Trinajstić information content (AvgIpc) is 3.00. The van der Waals surface area contributed by atoms with E-state index in [1.54, 1.807) is 18.6 Å². The number of benzene rings is 1. The van der Waals surface area contributed by atoms with Crippen LogP contribution in [0.5, 0.6) is 0 Å². The van der Waals surface area contributed by atoms with E-state index in [1.165, 1.54) is 11.3 Å². The molecule has 146 valence electrons. The van der Waals surface area contributed by atoms with Gasteiger partial charge in [-0.1, -0.05) is 30.3 Å². The van der Waals surface area contributed by atoms with Crippen LogP contribution in [0, 0.1) is 6.92 Å². The fourth-order valence-electron chi connectivity index (χ4n) is 4.29. The van der Waals surface area contributed by atoms with Crippen LogP contribution in [-0.4, -0.2) is 34.1 Å². The summed E-state index contributed by atoms with van der Waals surface area (Å²) in [4.78, 5) is 18.3. The Bertz CT molecular complexity index is 1040. The molecule has 1 aromatic carbocycles. The quantitative estimate of drug-likeness (QED) is 0.727. The number of aromatic nitrogens is 3. The Morgan fingerprint density at radius 3 is 2.76 bits per heavy atom. The summed E-state index contributed by atoms with van der Waals surface area (Å²) in [6.45, 7) is 8.52. The molecular formula is C23H24N6. The van der Waals surface area contributed by atoms with Crippen molar-refractivity contribution in [1.82, 2.24) is 15.0 Å². The Morgan fingerprint density at radius 1 is 1.14 bits per heavy atom. The highest BCUT2D eigenvalue weighted by Crippen LogP contribution is 2.40. The van der Waals surface area contributed by atoms with Crippen LogP contribution in [0.15, 0.2) is 67.4 Å². The van der Waals surface area contributed by atoms with Gasteiger partial charge in [-0.05, 0) is 38.0 Å². The number of aryl methyl sites for hydroxylation is 1. The molecular weight excluding hydrogens is 360 g/mol. The molecule has 0 unspecified atom stereocenters. The molecule has 0 spiro atoms. The number of fused-ring (bicyclic) bond motifs is 2. The third kappa shape index (κ3) is 3.31. The molecule has 3 aliphatic rings. The van der Waals surface area contributed by atoms with Crippen molar-refractivity contribution in [2.75, 3.05) is 28.2 Å². The summed E-state index contributed by atoms with van der Waals surface area (Å²) in [5, 5.41) is 3.33. The molecule has 6 nitrogen and oxygen atoms in total. The lowest BCUT2D eigenvalue weighted by Gasteiger charge is -2.34. The van der Waals surface area contributed by atoms with Crippen LogP contribution in [0.4, 0.5) is 17.3 Å². The highest BCUT2D eigenvalue weighted by atomic mass is 15.4. The molecule has 6 heteroatoms. The lowest BCUT2D eigenvalue weighted by atomic mass is 10.1. The van der Waals surface area contributed by atoms with E-state index in [1.807, 2.05) is 0 Å². The second-order valence-electron chi connectivity index (χ2n) is 7.66. The van der Waals surface area contributed by atoms with E-state index < -0.39 is 0 Å². The maximum Gasteiger partial charge on any atom is 0.158 e. The van der Waals surface area contributed by atoms with Crippen molar-refractivity contribution < 1.29 is 0 Å². The maximum absolute atomic E-state index is 5.12. The normalized spacial score (nSPS) is 15.8. The molecule has 3 aromatic rings. The topological polar surface area (TPSA) is 57.2 Å². The molecule has 0 saturated carbocycles. The second-order valence-corrected chi connectivity index (χ2v) is 7.66. The molecule has 1 fully saturated rings. The smallest absolute Gasteiger partial charge is 0.158 e. The third-order valence-corrected chi connectivity index (χ3v) is 5.69. The van der Waals surface area contributed by atoms with Crippen molar-refractivity contribution in [3.63, 3.8) is 0 Å². The largest absolute Gasteiger partial charge is 0.368 e. The number of hydrogen-bond donors (Lipinski definition) is 1. The Labute approximate surface area is 170 Å². The van der Waals surface area contributed by atoms with E-state index in [0.717, 1.165) is 48.8 Å². The lowest BCUT2D eigenvalue weighted by molar-refractivity contribution is 0.500. The zero-order valence-corrected chi connectivity index (χ0v) is 16.5. The van der Waals surface area contributed by atoms with Gasteiger partial charge < -0.3 is 15.1 Å². The van der Waals surface area contributed by atoms with Crippen molar-refractivity contribution >= 4 is 17.3 Å². The average molecular weight is 384 g/mol. The highest BCUT2D eigenvalue weighted by Gasteiger charge is 2.35. The standard InChI is InChI=1S/C23H24N6/c1-16-4-3-5-18(14-16)20-6-7-21-23(27-20)29(19-8-12-28(21)13-9-19)17(2)26-22-15-24-10-11-25-22/h3-7,10-11,14-15,19H,2,8-9,12-13H2,1H3,(H,25,26). The molecule has 2 bridgehead atoms. The summed E-state index contributed by atoms with van der Waals surface area (Å²) in [5.41, 5.74) is 4.51. The van der Waals surface area contributed by atoms with Gasteiger partial charge in [-0.3, -0.25) is 4.98 Å². The van der Waals surface area contributed by atoms with Crippen LogP contribution < -0.4 is 15.1 Å². The van der Waals surface area contributed by atoms with E-state index in [4.69, 9.17) is 4.98 Å². The van der Waals surface area contributed by atoms with E-state index in [9.17, 15) is 0 Å². The summed E-state index contributed by atoms with van der Waals surface area (Å²) in [6, 6.07) is 13.2. The van der Waals surface area contributed by atoms with Gasteiger partial charge in [0.25, 0.3) is 0 Å². The minimum atomic E-state index is 0.365. The fraction of sp³-hybridized carbons (Fsp3) is 0.261. The monoisotopic (exact) mass is 384 g/mol. The number of rotatable bonds is 4. The predicted octanol–water partition coefficient (Wildman–Crippen LogP) is 4.22. The molecule has 0 amide bonds. The number of piperidine rings is 1. The van der Waals surface area contributed by atoms with Crippen molar-refractivity contribution in [3.05, 3.63) is 73.0 Å². The SMILES string of the molecule is C=C(Nc1cnccn1)N1c2nc(-c3cccc(C)c3)ccc2N2CCC1CC2. The molecule has 0 aliphatic carbocycles. The third-order valence-electron chi connectivity index (χ3n) is 5.69. The molecule has 6 rings (SSSR count). The Morgan fingerprint density at radius 2 is 2.00 bits per heavy atom. The minimum Gasteiger partial charge on any atom is -0.368 e. The number of nitrogens with zero attached hydrogens (tertiary/aromatic N) is 5. The van der Waals surface area contributed by atoms with Gasteiger partial charge in [0.2, 0.25) is 0 Å². The van der Waals surface area contributed by atoms with E-state index in [-0.39, 0.29) is 0 Å². The Balaban J connectivity index is 1.57. The lowest BCUT2D eigenvalue weighted by Crippen LogP contribution is -2.41. The van der Waals surface area contributed by atoms with Gasteiger partial charge >= 0.3 is 0 Å². The molecule has 5 heterocycles. The summed E-state index contributed by atoms with van der Waals surface area (Å²) in [5.74, 6) is 2.44. The first kappa shape index (κ1) is 17.7. The fourth-order valence-corrected chi connectivity index (χ4v) is 4.29. The summed E-state index contributed by atoms with van der Waals surface area (Å²) >= 11 is 0. The first-order chi connectivity index (χ1) is 14.2. The first-order valence-corrected chi connectivity index (χ1v) is 10.0. The van der Waals surface area contributed by atoms with Gasteiger partial charge in [-0.2, -0.15) is 0 Å². The number of pyridine rings is 1. The predicted molar refractivity (Wildman–Crippen MR) is 117 cm³/mol. The van der Waals surface area contributed by atoms with Crippen LogP contribution in [0.3, 0.4) is 0 Å². The maximum atomic E-state index is 5.12. The molecule has 2 aromatic heterocycles. The van der Waals surface area contributed by atoms with Crippen LogP contribution in [0.1, 0.15) is 18.4 Å². The molecule has 1 saturated heterocycles. The summed E-state index contributed by atoms with van der Waals surface area (Å²) in [6.07, 6.45) is 7.22. The Kier molecular flexibility index (Phi) is 4.39. The molecule has 3 aliphatic heterocycles. The first-order valence-electron chi connectivity index (χ1n) is 10.0. The van der Waals surface area contributed by atoms with Crippen molar-refractivity contribution in [1.29, 1.82) is 0 Å². The van der Waals surface area contributed by atoms with E-state index in [2.05, 4.69) is 75.0 Å². The van der Waals surface area contributed by atoms with Crippen LogP contribution >= 0.6 is 0 Å². The van der Waals surface area contributed by atoms with Gasteiger partial charge in [0.05, 0.1) is 17.6 Å². The van der Waals surface area contributed by atoms with Gasteiger partial charge in [-0.25, -0.2) is 9.97 Å². The van der Waals surface area contributed by atoms with E-state index >= 15 is 0 Å². The minimum absolute atomic E-state index is 0.365. The number of hydrogen-bond acceptors (Lipinski definition) is 6. The zero-order valence-electron chi connectivity index (χ0n) is 16.5. The second kappa shape index (κ2) is 7.20. The molecule has 1 N–H and O–H groups in total. The number of anilines is 3. The van der Waals surface area contributed by atoms with E-state index in [0.29, 0.717) is 11.9 Å². The summed E-state index contributed by atoms with van der Waals surface area (Å²) < 4.78 is 0. The molecule has 0 radical (unpaired) electrons. The van der Waals surface area contributed by atoms with Gasteiger partial charge in [0.1, 0.15) is 11.6 Å². The van der Waals surface area contributed by atoms with Crippen LogP contribution in [0.2, 0.25) is 0 Å². The number of nitrogens with one attached hydrogen (secondary N) is 1. The van der Waals surface area contributed by atoms with Gasteiger partial charge in [0, 0.05) is 37.1 Å². The van der Waals surface area contributed by atoms with Gasteiger partial charge in [-0.15, -0.1) is 0 Å². The van der Waals surface area contributed by atoms with Gasteiger partial charge in [0.15, 0.2) is 5.82 Å². The van der Waals surface area contributed by atoms with Crippen molar-refractivity contribution in [2.24, 2.45) is 0 Å². The summed E-state index contributed by atoms with van der Waals surface area (Å²) in [7, 11) is 0. The highest BCUT2D eigenvalue weighted by molar-refractivity contribution is 5.76. The molecule has 29 heavy (non-hydrogen) atoms. The van der Waals surface area contributed by atoms with Crippen LogP contribution in [0.25, 0.3) is 11.3 Å².